The molecule has 0 unspecified atom stereocenters. The number of aromatic nitrogens is 4. The summed E-state index contributed by atoms with van der Waals surface area (Å²) in [7, 11) is 0. The molecule has 23 aromatic rings. The lowest BCUT2D eigenvalue weighted by molar-refractivity contribution is 1.18. The third-order valence-electron chi connectivity index (χ3n) is 24.3. The van der Waals surface area contributed by atoms with Crippen LogP contribution in [0.5, 0.6) is 0 Å². The number of fused-ring (bicyclic) bond motifs is 12. The number of hydrogen-bond donors (Lipinski definition) is 0. The molecule has 0 amide bonds. The third-order valence-corrected chi connectivity index (χ3v) is 24.3. The molecular formula is C114H74N4. The van der Waals surface area contributed by atoms with Crippen LogP contribution in [-0.4, -0.2) is 18.3 Å². The molecule has 0 bridgehead atoms. The number of rotatable bonds is 14. The lowest BCUT2D eigenvalue weighted by Gasteiger charge is -2.14. The number of benzene rings is 19. The third kappa shape index (κ3) is 11.8. The summed E-state index contributed by atoms with van der Waals surface area (Å²) in [6, 6.07) is 166. The maximum absolute atomic E-state index is 2.48. The molecular weight excluding hydrogens is 1430 g/mol. The molecule has 4 heteroatoms. The average molecular weight is 1500 g/mol. The molecule has 0 saturated heterocycles. The molecule has 19 aromatic carbocycles. The highest BCUT2D eigenvalue weighted by molar-refractivity contribution is 6.16. The summed E-state index contributed by atoms with van der Waals surface area (Å²) < 4.78 is 9.71. The van der Waals surface area contributed by atoms with Crippen LogP contribution in [0.4, 0.5) is 0 Å². The first-order valence-corrected chi connectivity index (χ1v) is 40.7. The maximum Gasteiger partial charge on any atom is 0.0541 e. The standard InChI is InChI=1S/C114H74N4/c1-7-24-75(25-8-1)84-48-56-111-103(69-84)104-73-88(86-50-57-109-101(70-86)99-38-19-21-40-107(99)115(109)95-34-15-5-16-35-95)52-59-112(104)117(111)97-54-46-81(47-55-97)92-64-90(76-26-9-2-10-27-76)63-91(65-92)80-44-42-79(43-45-80)82-32-23-33-83(62-82)85-49-60-113-105(72-85)106-74-89(87-51-58-110-102(71-87)100-39-20-22-41-108(100)116(110)96-36-17-6-18-37-96)53-61-114(106)118(113)98-67-93(77-28-11-3-12-29-77)66-94(68-98)78-30-13-4-14-31-78/h1-74H. The molecule has 0 aliphatic carbocycles. The van der Waals surface area contributed by atoms with E-state index in [9.17, 15) is 0 Å². The SMILES string of the molecule is c1ccc(-c2cc(-c3ccc(-c4cccc(-c5ccc6c(c5)c5cc(-c7ccc8c(c7)c7ccccc7n8-c7ccccc7)ccc5n6-c5cc(-c6ccccc6)cc(-c6ccccc6)c5)c4)cc3)cc(-c3ccc(-n4c5ccc(-c6ccccc6)cc5c5cc(-c6ccc7c(c6)c6ccccc6n7-c6ccccc6)ccc54)cc3)c2)cc1. The largest absolute Gasteiger partial charge is 0.309 e. The first-order chi connectivity index (χ1) is 58.5. The van der Waals surface area contributed by atoms with Gasteiger partial charge in [0.05, 0.1) is 44.1 Å². The fraction of sp³-hybridized carbons (Fsp3) is 0. The van der Waals surface area contributed by atoms with Crippen molar-refractivity contribution in [2.45, 2.75) is 0 Å². The summed E-state index contributed by atoms with van der Waals surface area (Å²) in [5.74, 6) is 0. The van der Waals surface area contributed by atoms with Crippen LogP contribution in [0.3, 0.4) is 0 Å². The summed E-state index contributed by atoms with van der Waals surface area (Å²) in [5, 5.41) is 9.75. The second-order valence-electron chi connectivity index (χ2n) is 31.2. The van der Waals surface area contributed by atoms with Gasteiger partial charge in [0.25, 0.3) is 0 Å². The van der Waals surface area contributed by atoms with E-state index in [2.05, 4.69) is 467 Å². The minimum Gasteiger partial charge on any atom is -0.309 e. The zero-order chi connectivity index (χ0) is 77.7. The summed E-state index contributed by atoms with van der Waals surface area (Å²) in [6.45, 7) is 0. The van der Waals surface area contributed by atoms with Crippen molar-refractivity contribution in [1.29, 1.82) is 0 Å². The number of para-hydroxylation sites is 4. The second-order valence-corrected chi connectivity index (χ2v) is 31.2. The highest BCUT2D eigenvalue weighted by Crippen LogP contribution is 2.46. The van der Waals surface area contributed by atoms with Crippen LogP contribution < -0.4 is 0 Å². The van der Waals surface area contributed by atoms with Crippen molar-refractivity contribution in [3.8, 4) is 134 Å². The topological polar surface area (TPSA) is 19.7 Å². The van der Waals surface area contributed by atoms with E-state index in [1.807, 2.05) is 0 Å². The molecule has 550 valence electrons. The van der Waals surface area contributed by atoms with Crippen molar-refractivity contribution in [2.24, 2.45) is 0 Å². The Labute approximate surface area is 683 Å². The van der Waals surface area contributed by atoms with Crippen molar-refractivity contribution >= 4 is 87.2 Å². The first-order valence-electron chi connectivity index (χ1n) is 40.7. The smallest absolute Gasteiger partial charge is 0.0541 e. The van der Waals surface area contributed by atoms with Gasteiger partial charge in [0.2, 0.25) is 0 Å². The van der Waals surface area contributed by atoms with Gasteiger partial charge in [0.1, 0.15) is 0 Å². The molecule has 0 aliphatic rings. The Hall–Kier alpha value is -15.6. The molecule has 4 nitrogen and oxygen atoms in total. The van der Waals surface area contributed by atoms with Crippen molar-refractivity contribution in [3.63, 3.8) is 0 Å². The zero-order valence-electron chi connectivity index (χ0n) is 64.5. The molecule has 0 radical (unpaired) electrons. The van der Waals surface area contributed by atoms with E-state index in [0.29, 0.717) is 0 Å². The van der Waals surface area contributed by atoms with E-state index in [1.165, 1.54) is 132 Å². The van der Waals surface area contributed by atoms with Crippen molar-refractivity contribution in [1.82, 2.24) is 18.3 Å². The Kier molecular flexibility index (Phi) is 16.2. The van der Waals surface area contributed by atoms with Crippen molar-refractivity contribution in [3.05, 3.63) is 449 Å². The fourth-order valence-corrected chi connectivity index (χ4v) is 18.6. The number of hydrogen-bond acceptors (Lipinski definition) is 0. The van der Waals surface area contributed by atoms with Gasteiger partial charge in [-0.2, -0.15) is 0 Å². The Morgan fingerprint density at radius 2 is 0.280 bits per heavy atom. The van der Waals surface area contributed by atoms with E-state index >= 15 is 0 Å². The predicted molar refractivity (Wildman–Crippen MR) is 498 cm³/mol. The Bertz CT molecular complexity index is 7790. The minimum absolute atomic E-state index is 1.11. The van der Waals surface area contributed by atoms with Gasteiger partial charge in [0.15, 0.2) is 0 Å². The van der Waals surface area contributed by atoms with Gasteiger partial charge in [-0.3, -0.25) is 0 Å². The Balaban J connectivity index is 0.595. The first kappa shape index (κ1) is 68.0. The van der Waals surface area contributed by atoms with Crippen LogP contribution in [0.1, 0.15) is 0 Å². The average Bonchev–Trinajstić information content (AvgIpc) is 1.58. The molecule has 0 saturated carbocycles. The van der Waals surface area contributed by atoms with Gasteiger partial charge in [-0.25, -0.2) is 0 Å². The summed E-state index contributed by atoms with van der Waals surface area (Å²) >= 11 is 0. The van der Waals surface area contributed by atoms with Crippen molar-refractivity contribution < 1.29 is 0 Å². The van der Waals surface area contributed by atoms with E-state index < -0.39 is 0 Å². The van der Waals surface area contributed by atoms with E-state index in [1.54, 1.807) is 0 Å². The maximum atomic E-state index is 2.48. The lowest BCUT2D eigenvalue weighted by atomic mass is 9.92. The van der Waals surface area contributed by atoms with E-state index in [-0.39, 0.29) is 0 Å². The van der Waals surface area contributed by atoms with Gasteiger partial charge >= 0.3 is 0 Å². The van der Waals surface area contributed by atoms with Crippen LogP contribution in [0, 0.1) is 0 Å². The van der Waals surface area contributed by atoms with Gasteiger partial charge < -0.3 is 18.3 Å². The highest BCUT2D eigenvalue weighted by Gasteiger charge is 2.23. The van der Waals surface area contributed by atoms with Crippen LogP contribution in [0.2, 0.25) is 0 Å². The molecule has 118 heavy (non-hydrogen) atoms. The molecule has 4 aromatic heterocycles. The monoisotopic (exact) mass is 1500 g/mol. The van der Waals surface area contributed by atoms with E-state index in [4.69, 9.17) is 0 Å². The summed E-state index contributed by atoms with van der Waals surface area (Å²) in [5.41, 5.74) is 37.3. The van der Waals surface area contributed by atoms with Gasteiger partial charge in [-0.05, 0) is 275 Å². The fourth-order valence-electron chi connectivity index (χ4n) is 18.6. The quantitative estimate of drug-likeness (QED) is 0.103. The Morgan fingerprint density at radius 3 is 0.619 bits per heavy atom. The van der Waals surface area contributed by atoms with Crippen molar-refractivity contribution in [2.75, 3.05) is 0 Å². The molecule has 0 atom stereocenters. The zero-order valence-corrected chi connectivity index (χ0v) is 64.5. The normalized spacial score (nSPS) is 11.7. The van der Waals surface area contributed by atoms with Gasteiger partial charge in [0, 0.05) is 65.8 Å². The minimum atomic E-state index is 1.11. The van der Waals surface area contributed by atoms with Gasteiger partial charge in [-0.15, -0.1) is 0 Å². The Morgan fingerprint density at radius 1 is 0.0932 bits per heavy atom. The molecule has 0 fully saturated rings. The second kappa shape index (κ2) is 28.2. The summed E-state index contributed by atoms with van der Waals surface area (Å²) in [6.07, 6.45) is 0. The van der Waals surface area contributed by atoms with Gasteiger partial charge in [-0.1, -0.05) is 285 Å². The molecule has 0 spiro atoms. The molecule has 0 N–H and O–H groups in total. The number of nitrogens with zero attached hydrogens (tertiary/aromatic N) is 4. The van der Waals surface area contributed by atoms with Crippen LogP contribution in [0.15, 0.2) is 449 Å². The van der Waals surface area contributed by atoms with Crippen LogP contribution in [0.25, 0.3) is 221 Å². The lowest BCUT2D eigenvalue weighted by Crippen LogP contribution is -1.96. The molecule has 0 aliphatic heterocycles. The van der Waals surface area contributed by atoms with Crippen LogP contribution in [-0.2, 0) is 0 Å². The van der Waals surface area contributed by atoms with E-state index in [0.717, 1.165) is 89.3 Å². The molecule has 4 heterocycles. The summed E-state index contributed by atoms with van der Waals surface area (Å²) in [4.78, 5) is 0. The molecule has 23 rings (SSSR count). The highest BCUT2D eigenvalue weighted by atomic mass is 15.0. The predicted octanol–water partition coefficient (Wildman–Crippen LogP) is 30.7. The van der Waals surface area contributed by atoms with Crippen LogP contribution >= 0.6 is 0 Å².